The molecule has 0 aromatic carbocycles. The standard InChI is InChI=1S/C13H20N4/c1-3-4-5-6-7-11(2)17-10-16-12-8-14-9-15-13(12)17/h8-11H,3-7H2,1-2H3. The molecule has 4 nitrogen and oxygen atoms in total. The highest BCUT2D eigenvalue weighted by Gasteiger charge is 2.09. The molecule has 1 atom stereocenters. The van der Waals surface area contributed by atoms with Crippen molar-refractivity contribution >= 4 is 11.2 Å². The average Bonchev–Trinajstić information content (AvgIpc) is 2.78. The third kappa shape index (κ3) is 2.81. The number of aromatic nitrogens is 4. The van der Waals surface area contributed by atoms with Gasteiger partial charge in [0.15, 0.2) is 5.65 Å². The van der Waals surface area contributed by atoms with Crippen LogP contribution in [0, 0.1) is 0 Å². The second-order valence-electron chi connectivity index (χ2n) is 4.58. The molecule has 0 aliphatic carbocycles. The van der Waals surface area contributed by atoms with Gasteiger partial charge < -0.3 is 4.57 Å². The molecule has 0 spiro atoms. The van der Waals surface area contributed by atoms with Crippen molar-refractivity contribution < 1.29 is 0 Å². The van der Waals surface area contributed by atoms with E-state index in [-0.39, 0.29) is 0 Å². The van der Waals surface area contributed by atoms with E-state index in [1.54, 1.807) is 12.5 Å². The number of unbranched alkanes of at least 4 members (excludes halogenated alkanes) is 3. The van der Waals surface area contributed by atoms with Gasteiger partial charge in [0, 0.05) is 6.04 Å². The SMILES string of the molecule is CCCCCCC(C)n1cnc2cncnc21. The van der Waals surface area contributed by atoms with Crippen molar-refractivity contribution in [2.45, 2.75) is 52.0 Å². The van der Waals surface area contributed by atoms with Crippen LogP contribution in [0.25, 0.3) is 11.2 Å². The summed E-state index contributed by atoms with van der Waals surface area (Å²) in [7, 11) is 0. The summed E-state index contributed by atoms with van der Waals surface area (Å²) in [4.78, 5) is 12.6. The van der Waals surface area contributed by atoms with E-state index < -0.39 is 0 Å². The number of hydrogen-bond donors (Lipinski definition) is 0. The maximum Gasteiger partial charge on any atom is 0.163 e. The van der Waals surface area contributed by atoms with Gasteiger partial charge in [-0.25, -0.2) is 15.0 Å². The van der Waals surface area contributed by atoms with Crippen molar-refractivity contribution in [3.63, 3.8) is 0 Å². The van der Waals surface area contributed by atoms with Gasteiger partial charge in [0.05, 0.1) is 12.5 Å². The van der Waals surface area contributed by atoms with Crippen LogP contribution >= 0.6 is 0 Å². The van der Waals surface area contributed by atoms with Crippen molar-refractivity contribution in [3.8, 4) is 0 Å². The van der Waals surface area contributed by atoms with Crippen molar-refractivity contribution in [1.29, 1.82) is 0 Å². The summed E-state index contributed by atoms with van der Waals surface area (Å²) in [6.45, 7) is 4.47. The number of fused-ring (bicyclic) bond motifs is 1. The van der Waals surface area contributed by atoms with Crippen LogP contribution in [0.2, 0.25) is 0 Å². The first-order valence-electron chi connectivity index (χ1n) is 6.45. The van der Waals surface area contributed by atoms with Gasteiger partial charge in [-0.05, 0) is 13.3 Å². The number of rotatable bonds is 6. The topological polar surface area (TPSA) is 43.6 Å². The lowest BCUT2D eigenvalue weighted by atomic mass is 10.1. The summed E-state index contributed by atoms with van der Waals surface area (Å²) in [5.41, 5.74) is 1.83. The molecule has 0 radical (unpaired) electrons. The summed E-state index contributed by atoms with van der Waals surface area (Å²) in [5, 5.41) is 0. The predicted molar refractivity (Wildman–Crippen MR) is 68.8 cm³/mol. The van der Waals surface area contributed by atoms with E-state index in [9.17, 15) is 0 Å². The van der Waals surface area contributed by atoms with Crippen LogP contribution in [-0.4, -0.2) is 19.5 Å². The summed E-state index contributed by atoms with van der Waals surface area (Å²) in [6, 6.07) is 0.465. The minimum atomic E-state index is 0.465. The van der Waals surface area contributed by atoms with Crippen molar-refractivity contribution in [2.75, 3.05) is 0 Å². The van der Waals surface area contributed by atoms with Crippen molar-refractivity contribution in [3.05, 3.63) is 18.9 Å². The fourth-order valence-electron chi connectivity index (χ4n) is 2.11. The van der Waals surface area contributed by atoms with Crippen LogP contribution in [0.3, 0.4) is 0 Å². The highest BCUT2D eigenvalue weighted by Crippen LogP contribution is 2.19. The smallest absolute Gasteiger partial charge is 0.163 e. The summed E-state index contributed by atoms with van der Waals surface area (Å²) in [6.07, 6.45) is 11.6. The van der Waals surface area contributed by atoms with E-state index in [1.165, 1.54) is 32.1 Å². The van der Waals surface area contributed by atoms with E-state index in [1.807, 2.05) is 6.33 Å². The molecular formula is C13H20N4. The predicted octanol–water partition coefficient (Wildman–Crippen LogP) is 3.36. The number of nitrogens with zero attached hydrogens (tertiary/aromatic N) is 4. The molecule has 0 bridgehead atoms. The lowest BCUT2D eigenvalue weighted by molar-refractivity contribution is 0.479. The molecular weight excluding hydrogens is 212 g/mol. The molecule has 1 unspecified atom stereocenters. The Kier molecular flexibility index (Phi) is 4.07. The van der Waals surface area contributed by atoms with Gasteiger partial charge in [-0.1, -0.05) is 32.6 Å². The first-order valence-corrected chi connectivity index (χ1v) is 6.45. The van der Waals surface area contributed by atoms with Gasteiger partial charge in [0.25, 0.3) is 0 Å². The molecule has 0 aliphatic heterocycles. The third-order valence-electron chi connectivity index (χ3n) is 3.19. The largest absolute Gasteiger partial charge is 0.312 e. The van der Waals surface area contributed by atoms with Gasteiger partial charge in [-0.15, -0.1) is 0 Å². The lowest BCUT2D eigenvalue weighted by Gasteiger charge is -2.13. The van der Waals surface area contributed by atoms with E-state index in [4.69, 9.17) is 0 Å². The van der Waals surface area contributed by atoms with E-state index >= 15 is 0 Å². The van der Waals surface area contributed by atoms with Crippen molar-refractivity contribution in [1.82, 2.24) is 19.5 Å². The molecule has 4 heteroatoms. The molecule has 2 aromatic rings. The van der Waals surface area contributed by atoms with Gasteiger partial charge in [-0.3, -0.25) is 0 Å². The Bertz CT molecular complexity index is 463. The Morgan fingerprint density at radius 2 is 2.12 bits per heavy atom. The molecule has 2 rings (SSSR count). The van der Waals surface area contributed by atoms with E-state index in [2.05, 4.69) is 33.4 Å². The monoisotopic (exact) mass is 232 g/mol. The Hall–Kier alpha value is -1.45. The zero-order valence-corrected chi connectivity index (χ0v) is 10.6. The fraction of sp³-hybridized carbons (Fsp3) is 0.615. The zero-order chi connectivity index (χ0) is 12.1. The maximum absolute atomic E-state index is 4.32. The zero-order valence-electron chi connectivity index (χ0n) is 10.6. The molecule has 17 heavy (non-hydrogen) atoms. The molecule has 0 saturated carbocycles. The quantitative estimate of drug-likeness (QED) is 0.717. The highest BCUT2D eigenvalue weighted by atomic mass is 15.1. The first kappa shape index (κ1) is 12.0. The summed E-state index contributed by atoms with van der Waals surface area (Å²) < 4.78 is 2.16. The van der Waals surface area contributed by atoms with Crippen LogP contribution in [0.15, 0.2) is 18.9 Å². The average molecular weight is 232 g/mol. The Morgan fingerprint density at radius 1 is 1.24 bits per heavy atom. The molecule has 0 saturated heterocycles. The van der Waals surface area contributed by atoms with Crippen LogP contribution in [0.5, 0.6) is 0 Å². The van der Waals surface area contributed by atoms with Gasteiger partial charge in [-0.2, -0.15) is 0 Å². The fourth-order valence-corrected chi connectivity index (χ4v) is 2.11. The maximum atomic E-state index is 4.32. The molecule has 0 amide bonds. The van der Waals surface area contributed by atoms with Gasteiger partial charge >= 0.3 is 0 Å². The second kappa shape index (κ2) is 5.75. The Balaban J connectivity index is 2.01. The molecule has 0 aliphatic rings. The Morgan fingerprint density at radius 3 is 2.94 bits per heavy atom. The Labute approximate surface area is 102 Å². The first-order chi connectivity index (χ1) is 8.33. The second-order valence-corrected chi connectivity index (χ2v) is 4.58. The molecule has 0 N–H and O–H groups in total. The van der Waals surface area contributed by atoms with Crippen LogP contribution in [-0.2, 0) is 0 Å². The van der Waals surface area contributed by atoms with Crippen LogP contribution < -0.4 is 0 Å². The normalized spacial score (nSPS) is 13.1. The number of imidazole rings is 1. The number of hydrogen-bond acceptors (Lipinski definition) is 3. The van der Waals surface area contributed by atoms with E-state index in [0.717, 1.165) is 11.2 Å². The lowest BCUT2D eigenvalue weighted by Crippen LogP contribution is -2.04. The molecule has 2 aromatic heterocycles. The molecule has 2 heterocycles. The minimum absolute atomic E-state index is 0.465. The summed E-state index contributed by atoms with van der Waals surface area (Å²) in [5.74, 6) is 0. The van der Waals surface area contributed by atoms with Gasteiger partial charge in [0.1, 0.15) is 11.8 Å². The third-order valence-corrected chi connectivity index (χ3v) is 3.19. The molecule has 0 fully saturated rings. The minimum Gasteiger partial charge on any atom is -0.312 e. The van der Waals surface area contributed by atoms with E-state index in [0.29, 0.717) is 6.04 Å². The van der Waals surface area contributed by atoms with Crippen molar-refractivity contribution in [2.24, 2.45) is 0 Å². The van der Waals surface area contributed by atoms with Crippen LogP contribution in [0.1, 0.15) is 52.0 Å². The molecule has 92 valence electrons. The summed E-state index contributed by atoms with van der Waals surface area (Å²) >= 11 is 0. The van der Waals surface area contributed by atoms with Gasteiger partial charge in [0.2, 0.25) is 0 Å². The van der Waals surface area contributed by atoms with Crippen LogP contribution in [0.4, 0.5) is 0 Å². The highest BCUT2D eigenvalue weighted by molar-refractivity contribution is 5.68.